The van der Waals surface area contributed by atoms with Gasteiger partial charge in [-0.15, -0.1) is 0 Å². The Labute approximate surface area is 200 Å². The van der Waals surface area contributed by atoms with Gasteiger partial charge in [-0.2, -0.15) is 4.31 Å². The standard InChI is InChI=1S/C25H30FN3O4S/c1-25(24(31)27-19-11-5-2-3-6-12-19)18-28(34(32,33)20-13-7-4-8-14-20)17-23(30)29(25)22-16-10-9-15-21(22)26/h4,7-10,13-16,19H,2-3,5-6,11-12,17-18H2,1H3,(H,27,31). The summed E-state index contributed by atoms with van der Waals surface area (Å²) in [5, 5.41) is 3.04. The minimum atomic E-state index is -4.04. The molecule has 2 aromatic carbocycles. The van der Waals surface area contributed by atoms with Gasteiger partial charge in [0.2, 0.25) is 21.8 Å². The van der Waals surface area contributed by atoms with Crippen molar-refractivity contribution >= 4 is 27.5 Å². The Morgan fingerprint density at radius 1 is 1.00 bits per heavy atom. The number of halogens is 1. The predicted molar refractivity (Wildman–Crippen MR) is 127 cm³/mol. The summed E-state index contributed by atoms with van der Waals surface area (Å²) in [4.78, 5) is 28.2. The van der Waals surface area contributed by atoms with Crippen LogP contribution in [-0.4, -0.2) is 49.2 Å². The van der Waals surface area contributed by atoms with Crippen molar-refractivity contribution in [3.63, 3.8) is 0 Å². The molecule has 1 aliphatic heterocycles. The third-order valence-corrected chi connectivity index (χ3v) is 8.50. The molecule has 1 heterocycles. The number of sulfonamides is 1. The highest BCUT2D eigenvalue weighted by atomic mass is 32.2. The SMILES string of the molecule is CC1(C(=O)NC2CCCCCC2)CN(S(=O)(=O)c2ccccc2)CC(=O)N1c1ccccc1F. The van der Waals surface area contributed by atoms with Crippen LogP contribution in [0.15, 0.2) is 59.5 Å². The van der Waals surface area contributed by atoms with Gasteiger partial charge in [-0.1, -0.05) is 56.0 Å². The Balaban J connectivity index is 1.72. The van der Waals surface area contributed by atoms with E-state index in [4.69, 9.17) is 0 Å². The molecule has 7 nitrogen and oxygen atoms in total. The van der Waals surface area contributed by atoms with Crippen LogP contribution in [0.4, 0.5) is 10.1 Å². The maximum atomic E-state index is 14.8. The molecule has 2 aromatic rings. The van der Waals surface area contributed by atoms with Gasteiger partial charge < -0.3 is 5.32 Å². The van der Waals surface area contributed by atoms with Crippen molar-refractivity contribution in [3.8, 4) is 0 Å². The number of hydrogen-bond acceptors (Lipinski definition) is 4. The van der Waals surface area contributed by atoms with Gasteiger partial charge in [-0.25, -0.2) is 12.8 Å². The fourth-order valence-corrected chi connectivity index (χ4v) is 6.35. The topological polar surface area (TPSA) is 86.8 Å². The summed E-state index contributed by atoms with van der Waals surface area (Å²) in [6.07, 6.45) is 5.83. The Morgan fingerprint density at radius 3 is 2.26 bits per heavy atom. The molecule has 1 atom stereocenters. The van der Waals surface area contributed by atoms with Crippen LogP contribution in [0.5, 0.6) is 0 Å². The molecule has 4 rings (SSSR count). The molecule has 0 bridgehead atoms. The molecule has 1 saturated carbocycles. The number of benzene rings is 2. The second-order valence-electron chi connectivity index (χ2n) is 9.20. The van der Waals surface area contributed by atoms with Crippen molar-refractivity contribution < 1.29 is 22.4 Å². The molecule has 0 spiro atoms. The predicted octanol–water partition coefficient (Wildman–Crippen LogP) is 3.46. The summed E-state index contributed by atoms with van der Waals surface area (Å²) >= 11 is 0. The van der Waals surface area contributed by atoms with Crippen molar-refractivity contribution in [2.24, 2.45) is 0 Å². The first-order valence-electron chi connectivity index (χ1n) is 11.7. The summed E-state index contributed by atoms with van der Waals surface area (Å²) in [7, 11) is -4.04. The first-order valence-corrected chi connectivity index (χ1v) is 13.1. The van der Waals surface area contributed by atoms with E-state index in [2.05, 4.69) is 5.32 Å². The van der Waals surface area contributed by atoms with Crippen molar-refractivity contribution in [1.82, 2.24) is 9.62 Å². The molecule has 1 aliphatic carbocycles. The molecule has 1 N–H and O–H groups in total. The Kier molecular flexibility index (Phi) is 7.04. The van der Waals surface area contributed by atoms with Gasteiger partial charge in [0.15, 0.2) is 0 Å². The fourth-order valence-electron chi connectivity index (χ4n) is 4.85. The monoisotopic (exact) mass is 487 g/mol. The highest BCUT2D eigenvalue weighted by Crippen LogP contribution is 2.34. The lowest BCUT2D eigenvalue weighted by Crippen LogP contribution is -2.71. The van der Waals surface area contributed by atoms with E-state index < -0.39 is 39.7 Å². The van der Waals surface area contributed by atoms with E-state index >= 15 is 0 Å². The van der Waals surface area contributed by atoms with E-state index in [9.17, 15) is 22.4 Å². The molecule has 0 aromatic heterocycles. The second kappa shape index (κ2) is 9.84. The molecule has 182 valence electrons. The Hall–Kier alpha value is -2.78. The van der Waals surface area contributed by atoms with Crippen LogP contribution in [0.3, 0.4) is 0 Å². The summed E-state index contributed by atoms with van der Waals surface area (Å²) in [6.45, 7) is 0.733. The van der Waals surface area contributed by atoms with Crippen LogP contribution in [0.1, 0.15) is 45.4 Å². The molecular weight excluding hydrogens is 457 g/mol. The highest BCUT2D eigenvalue weighted by Gasteiger charge is 2.52. The number of carbonyl (C=O) groups excluding carboxylic acids is 2. The fraction of sp³-hybridized carbons (Fsp3) is 0.440. The van der Waals surface area contributed by atoms with E-state index in [0.29, 0.717) is 0 Å². The number of rotatable bonds is 5. The minimum Gasteiger partial charge on any atom is -0.351 e. The first-order chi connectivity index (χ1) is 16.2. The van der Waals surface area contributed by atoms with E-state index in [1.165, 1.54) is 37.3 Å². The number of para-hydroxylation sites is 1. The number of nitrogens with zero attached hydrogens (tertiary/aromatic N) is 2. The lowest BCUT2D eigenvalue weighted by molar-refractivity contribution is -0.133. The lowest BCUT2D eigenvalue weighted by Gasteiger charge is -2.47. The Bertz CT molecular complexity index is 1150. The molecule has 9 heteroatoms. The quantitative estimate of drug-likeness (QED) is 0.655. The van der Waals surface area contributed by atoms with Gasteiger partial charge in [0, 0.05) is 12.6 Å². The largest absolute Gasteiger partial charge is 0.351 e. The van der Waals surface area contributed by atoms with Crippen LogP contribution in [0.2, 0.25) is 0 Å². The number of amides is 2. The summed E-state index contributed by atoms with van der Waals surface area (Å²) in [6, 6.07) is 13.5. The number of hydrogen-bond donors (Lipinski definition) is 1. The molecule has 2 amide bonds. The zero-order valence-electron chi connectivity index (χ0n) is 19.2. The molecule has 34 heavy (non-hydrogen) atoms. The average Bonchev–Trinajstić information content (AvgIpc) is 3.09. The third kappa shape index (κ3) is 4.72. The molecule has 2 fully saturated rings. The number of piperazine rings is 1. The van der Waals surface area contributed by atoms with Gasteiger partial charge in [0.25, 0.3) is 0 Å². The number of anilines is 1. The molecular formula is C25H30FN3O4S. The lowest BCUT2D eigenvalue weighted by atomic mass is 9.93. The summed E-state index contributed by atoms with van der Waals surface area (Å²) < 4.78 is 42.5. The van der Waals surface area contributed by atoms with Crippen molar-refractivity contribution in [2.45, 2.75) is 61.9 Å². The highest BCUT2D eigenvalue weighted by molar-refractivity contribution is 7.89. The van der Waals surface area contributed by atoms with Gasteiger partial charge in [0.1, 0.15) is 11.4 Å². The smallest absolute Gasteiger partial charge is 0.247 e. The summed E-state index contributed by atoms with van der Waals surface area (Å²) in [5.74, 6) is -1.79. The van der Waals surface area contributed by atoms with Gasteiger partial charge in [-0.05, 0) is 44.0 Å². The van der Waals surface area contributed by atoms with Crippen LogP contribution in [0.25, 0.3) is 0 Å². The minimum absolute atomic E-state index is 0.0358. The second-order valence-corrected chi connectivity index (χ2v) is 11.1. The normalized spacial score (nSPS) is 22.9. The van der Waals surface area contributed by atoms with Crippen molar-refractivity contribution in [2.75, 3.05) is 18.0 Å². The maximum absolute atomic E-state index is 14.8. The average molecular weight is 488 g/mol. The zero-order valence-corrected chi connectivity index (χ0v) is 20.1. The maximum Gasteiger partial charge on any atom is 0.247 e. The molecule has 1 saturated heterocycles. The van der Waals surface area contributed by atoms with Crippen LogP contribution in [0, 0.1) is 5.82 Å². The van der Waals surface area contributed by atoms with Gasteiger partial charge in [-0.3, -0.25) is 14.5 Å². The van der Waals surface area contributed by atoms with Crippen LogP contribution < -0.4 is 10.2 Å². The number of carbonyl (C=O) groups is 2. The van der Waals surface area contributed by atoms with Crippen molar-refractivity contribution in [3.05, 3.63) is 60.4 Å². The first kappa shape index (κ1) is 24.3. The molecule has 2 aliphatic rings. The molecule has 0 radical (unpaired) electrons. The summed E-state index contributed by atoms with van der Waals surface area (Å²) in [5.41, 5.74) is -1.67. The van der Waals surface area contributed by atoms with E-state index in [0.717, 1.165) is 47.7 Å². The van der Waals surface area contributed by atoms with E-state index in [1.807, 2.05) is 0 Å². The Morgan fingerprint density at radius 2 is 1.62 bits per heavy atom. The van der Waals surface area contributed by atoms with Crippen LogP contribution >= 0.6 is 0 Å². The van der Waals surface area contributed by atoms with Crippen molar-refractivity contribution in [1.29, 1.82) is 0 Å². The third-order valence-electron chi connectivity index (χ3n) is 6.69. The molecule has 1 unspecified atom stereocenters. The van der Waals surface area contributed by atoms with Gasteiger partial charge >= 0.3 is 0 Å². The van der Waals surface area contributed by atoms with Gasteiger partial charge in [0.05, 0.1) is 17.1 Å². The zero-order chi connectivity index (χ0) is 24.3. The number of nitrogens with one attached hydrogen (secondary N) is 1. The van der Waals surface area contributed by atoms with E-state index in [-0.39, 0.29) is 23.2 Å². The van der Waals surface area contributed by atoms with E-state index in [1.54, 1.807) is 24.3 Å². The van der Waals surface area contributed by atoms with Crippen LogP contribution in [-0.2, 0) is 19.6 Å².